The Morgan fingerprint density at radius 3 is 0.951 bits per heavy atom. The Bertz CT molecular complexity index is 5420. The molecule has 0 fully saturated rings. The highest BCUT2D eigenvalue weighted by molar-refractivity contribution is 6.31. The Hall–Kier alpha value is -10.8. The van der Waals surface area contributed by atoms with Crippen LogP contribution in [0.2, 0.25) is 0 Å². The Morgan fingerprint density at radius 2 is 0.500 bits per heavy atom. The molecule has 378 valence electrons. The lowest BCUT2D eigenvalue weighted by Crippen LogP contribution is -1.95. The van der Waals surface area contributed by atoms with Gasteiger partial charge in [-0.1, -0.05) is 231 Å². The highest BCUT2D eigenvalue weighted by Crippen LogP contribution is 2.52. The van der Waals surface area contributed by atoms with Crippen molar-refractivity contribution >= 4 is 130 Å². The summed E-state index contributed by atoms with van der Waals surface area (Å²) in [6.07, 6.45) is 0. The Morgan fingerprint density at radius 1 is 0.171 bits per heavy atom. The van der Waals surface area contributed by atoms with Gasteiger partial charge in [-0.25, -0.2) is 0 Å². The van der Waals surface area contributed by atoms with Crippen molar-refractivity contribution in [3.8, 4) is 55.6 Å². The largest absolute Gasteiger partial charge is 0.456 e. The minimum Gasteiger partial charge on any atom is -0.456 e. The van der Waals surface area contributed by atoms with Gasteiger partial charge in [0.2, 0.25) is 0 Å². The van der Waals surface area contributed by atoms with Crippen molar-refractivity contribution in [3.63, 3.8) is 0 Å². The average Bonchev–Trinajstić information content (AvgIpc) is 1.90. The lowest BCUT2D eigenvalue weighted by molar-refractivity contribution is 0.669. The van der Waals surface area contributed by atoms with Gasteiger partial charge < -0.3 is 8.83 Å². The molecule has 2 nitrogen and oxygen atoms in total. The van der Waals surface area contributed by atoms with Crippen LogP contribution in [0.3, 0.4) is 0 Å². The van der Waals surface area contributed by atoms with Crippen LogP contribution in [-0.4, -0.2) is 0 Å². The van der Waals surface area contributed by atoms with E-state index in [-0.39, 0.29) is 0 Å². The van der Waals surface area contributed by atoms with Crippen LogP contribution >= 0.6 is 0 Å². The number of hydrogen-bond donors (Lipinski definition) is 0. The van der Waals surface area contributed by atoms with Gasteiger partial charge in [-0.3, -0.25) is 0 Å². The summed E-state index contributed by atoms with van der Waals surface area (Å²) in [5.74, 6) is 0. The van der Waals surface area contributed by atoms with Crippen molar-refractivity contribution in [1.82, 2.24) is 0 Å². The number of furan rings is 2. The first kappa shape index (κ1) is 45.1. The molecule has 18 aromatic rings. The van der Waals surface area contributed by atoms with Crippen LogP contribution in [0.25, 0.3) is 186 Å². The van der Waals surface area contributed by atoms with Crippen LogP contribution in [0.1, 0.15) is 0 Å². The van der Waals surface area contributed by atoms with Crippen molar-refractivity contribution in [3.05, 3.63) is 279 Å². The van der Waals surface area contributed by atoms with E-state index in [0.29, 0.717) is 0 Å². The molecule has 2 heteroatoms. The maximum absolute atomic E-state index is 6.63. The fraction of sp³-hybridized carbons (Fsp3) is 0. The summed E-state index contributed by atoms with van der Waals surface area (Å²) in [5.41, 5.74) is 15.4. The number of para-hydroxylation sites is 2. The maximum atomic E-state index is 6.63. The highest BCUT2D eigenvalue weighted by atomic mass is 16.3. The summed E-state index contributed by atoms with van der Waals surface area (Å²) in [4.78, 5) is 0. The number of benzene rings is 16. The number of hydrogen-bond acceptors (Lipinski definition) is 2. The van der Waals surface area contributed by atoms with Crippen LogP contribution in [0.5, 0.6) is 0 Å². The molecule has 0 unspecified atom stereocenters. The summed E-state index contributed by atoms with van der Waals surface area (Å²) in [6.45, 7) is 0. The molecule has 2 heterocycles. The van der Waals surface area contributed by atoms with Gasteiger partial charge in [-0.15, -0.1) is 0 Å². The van der Waals surface area contributed by atoms with Crippen LogP contribution < -0.4 is 0 Å². The van der Waals surface area contributed by atoms with Crippen molar-refractivity contribution in [1.29, 1.82) is 0 Å². The fourth-order valence-electron chi connectivity index (χ4n) is 14.2. The molecule has 0 amide bonds. The van der Waals surface area contributed by atoms with Crippen molar-refractivity contribution < 1.29 is 8.83 Å². The molecule has 82 heavy (non-hydrogen) atoms. The topological polar surface area (TPSA) is 26.3 Å². The summed E-state index contributed by atoms with van der Waals surface area (Å²) in [5, 5.41) is 23.7. The van der Waals surface area contributed by atoms with Gasteiger partial charge in [0, 0.05) is 32.3 Å². The second-order valence-electron chi connectivity index (χ2n) is 22.1. The van der Waals surface area contributed by atoms with Gasteiger partial charge in [0.1, 0.15) is 22.3 Å². The molecule has 0 aliphatic rings. The lowest BCUT2D eigenvalue weighted by atomic mass is 9.81. The van der Waals surface area contributed by atoms with E-state index in [1.807, 2.05) is 0 Å². The zero-order valence-corrected chi connectivity index (χ0v) is 44.4. The van der Waals surface area contributed by atoms with Crippen LogP contribution in [0, 0.1) is 0 Å². The minimum atomic E-state index is 0.885. The molecule has 18 rings (SSSR count). The molecular formula is C80H46O2. The average molecular weight is 1040 g/mol. The Labute approximate surface area is 470 Å². The second kappa shape index (κ2) is 17.3. The number of rotatable bonds is 5. The van der Waals surface area contributed by atoms with Crippen molar-refractivity contribution in [2.75, 3.05) is 0 Å². The standard InChI is InChI=1S/C80H46O2/c1-3-17-51-43-53(37-35-47(51)15-1)55-23-11-29-61-67(55)45-68-56(54-38-36-48-16-2-4-18-52(48)44-54)24-12-30-62(68)77(61)78-63-31-13-25-57(59-27-9-19-49-39-41-73-79(75(49)59)65-21-5-7-33-71(65)81-73)69(63)46-70-58(26-14-32-64(70)78)60-28-10-20-50-40-42-74-80(76(50)60)66-22-6-8-34-72(66)82-74/h1-46H. The number of fused-ring (bicyclic) bond motifs is 16. The monoisotopic (exact) mass is 1040 g/mol. The van der Waals surface area contributed by atoms with E-state index in [4.69, 9.17) is 8.83 Å². The first-order valence-electron chi connectivity index (χ1n) is 28.3. The molecule has 0 aliphatic carbocycles. The van der Waals surface area contributed by atoms with Gasteiger partial charge in [-0.2, -0.15) is 0 Å². The van der Waals surface area contributed by atoms with E-state index >= 15 is 0 Å². The predicted molar refractivity (Wildman–Crippen MR) is 348 cm³/mol. The van der Waals surface area contributed by atoms with E-state index in [0.717, 1.165) is 43.9 Å². The summed E-state index contributed by atoms with van der Waals surface area (Å²) >= 11 is 0. The Balaban J connectivity index is 1.03. The van der Waals surface area contributed by atoms with Gasteiger partial charge in [0.15, 0.2) is 0 Å². The summed E-state index contributed by atoms with van der Waals surface area (Å²) < 4.78 is 13.3. The predicted octanol–water partition coefficient (Wildman–Crippen LogP) is 23.0. The first-order valence-corrected chi connectivity index (χ1v) is 28.3. The van der Waals surface area contributed by atoms with E-state index in [1.54, 1.807) is 0 Å². The third kappa shape index (κ3) is 6.58. The van der Waals surface area contributed by atoms with E-state index in [9.17, 15) is 0 Å². The van der Waals surface area contributed by atoms with Crippen molar-refractivity contribution in [2.45, 2.75) is 0 Å². The van der Waals surface area contributed by atoms with Gasteiger partial charge >= 0.3 is 0 Å². The third-order valence-corrected chi connectivity index (χ3v) is 17.8. The minimum absolute atomic E-state index is 0.885. The van der Waals surface area contributed by atoms with E-state index in [2.05, 4.69) is 279 Å². The molecule has 0 saturated heterocycles. The van der Waals surface area contributed by atoms with Gasteiger partial charge in [0.05, 0.1) is 0 Å². The van der Waals surface area contributed by atoms with E-state index < -0.39 is 0 Å². The molecular weight excluding hydrogens is 993 g/mol. The SMILES string of the molecule is c1ccc2cc(-c3cccc4c(-c5c6cccc(-c7cccc8ccc9oc%10ccccc%10c9c78)c6cc6c(-c7cccc8ccc9oc%10ccccc%10c9c78)cccc56)c5cccc(-c6ccc7ccccc7c6)c5cc34)ccc2c1. The molecule has 16 aromatic carbocycles. The quantitative estimate of drug-likeness (QED) is 0.161. The van der Waals surface area contributed by atoms with Crippen LogP contribution in [0.15, 0.2) is 288 Å². The lowest BCUT2D eigenvalue weighted by Gasteiger charge is -2.22. The molecule has 0 radical (unpaired) electrons. The zero-order valence-electron chi connectivity index (χ0n) is 44.4. The molecule has 0 saturated carbocycles. The normalized spacial score (nSPS) is 12.1. The van der Waals surface area contributed by atoms with Crippen LogP contribution in [0.4, 0.5) is 0 Å². The molecule has 2 aromatic heterocycles. The molecule has 0 aliphatic heterocycles. The summed E-state index contributed by atoms with van der Waals surface area (Å²) in [7, 11) is 0. The second-order valence-corrected chi connectivity index (χ2v) is 22.1. The van der Waals surface area contributed by atoms with Crippen molar-refractivity contribution in [2.24, 2.45) is 0 Å². The molecule has 0 bridgehead atoms. The molecule has 0 atom stereocenters. The van der Waals surface area contributed by atoms with Gasteiger partial charge in [-0.05, 0) is 180 Å². The van der Waals surface area contributed by atoms with Crippen LogP contribution in [-0.2, 0) is 0 Å². The smallest absolute Gasteiger partial charge is 0.136 e. The van der Waals surface area contributed by atoms with Gasteiger partial charge in [0.25, 0.3) is 0 Å². The first-order chi connectivity index (χ1) is 40.7. The fourth-order valence-corrected chi connectivity index (χ4v) is 14.2. The summed E-state index contributed by atoms with van der Waals surface area (Å²) in [6, 6.07) is 103. The third-order valence-electron chi connectivity index (χ3n) is 17.8. The zero-order chi connectivity index (χ0) is 53.6. The molecule has 0 spiro atoms. The van der Waals surface area contributed by atoms with E-state index in [1.165, 1.54) is 142 Å². The molecule has 0 N–H and O–H groups in total. The Kier molecular flexibility index (Phi) is 9.54. The maximum Gasteiger partial charge on any atom is 0.136 e. The highest BCUT2D eigenvalue weighted by Gasteiger charge is 2.25.